The van der Waals surface area contributed by atoms with Crippen LogP contribution in [0.4, 0.5) is 0 Å². The minimum Gasteiger partial charge on any atom is -0.351 e. The van der Waals surface area contributed by atoms with Crippen LogP contribution in [0.5, 0.6) is 0 Å². The van der Waals surface area contributed by atoms with Crippen molar-refractivity contribution in [2.45, 2.75) is 25.3 Å². The molecule has 1 unspecified atom stereocenters. The number of carbonyl (C=O) groups is 1. The highest BCUT2D eigenvalue weighted by atomic mass is 32.2. The number of benzene rings is 1. The molecular weight excluding hydrogens is 364 g/mol. The minimum absolute atomic E-state index is 0.0603. The van der Waals surface area contributed by atoms with Crippen molar-refractivity contribution in [1.82, 2.24) is 9.62 Å². The number of aryl methyl sites for hydroxylation is 1. The van der Waals surface area contributed by atoms with Crippen LogP contribution in [-0.2, 0) is 31.1 Å². The zero-order valence-electron chi connectivity index (χ0n) is 14.2. The van der Waals surface area contributed by atoms with Crippen LogP contribution in [-0.4, -0.2) is 63.9 Å². The first-order valence-corrected chi connectivity index (χ1v) is 11.8. The summed E-state index contributed by atoms with van der Waals surface area (Å²) >= 11 is 0. The van der Waals surface area contributed by atoms with Crippen LogP contribution in [0.15, 0.2) is 30.3 Å². The number of sulfone groups is 1. The summed E-state index contributed by atoms with van der Waals surface area (Å²) in [5.74, 6) is -0.483. The van der Waals surface area contributed by atoms with Gasteiger partial charge in [0.25, 0.3) is 0 Å². The molecule has 1 aromatic carbocycles. The van der Waals surface area contributed by atoms with Crippen molar-refractivity contribution < 1.29 is 21.6 Å². The van der Waals surface area contributed by atoms with E-state index in [9.17, 15) is 21.6 Å². The number of hydrogen-bond donors (Lipinski definition) is 1. The highest BCUT2D eigenvalue weighted by molar-refractivity contribution is 7.91. The Balaban J connectivity index is 1.86. The summed E-state index contributed by atoms with van der Waals surface area (Å²) in [6.07, 6.45) is 2.77. The van der Waals surface area contributed by atoms with Gasteiger partial charge >= 0.3 is 0 Å². The van der Waals surface area contributed by atoms with E-state index in [2.05, 4.69) is 5.32 Å². The standard InChI is InChI=1S/C16H24N2O5S2/c1-24(20,21)18(10-5-8-14-6-3-2-4-7-14)12-16(19)17-15-9-11-25(22,23)13-15/h2-4,6-7,15H,5,8-13H2,1H3,(H,17,19). The fraction of sp³-hybridized carbons (Fsp3) is 0.562. The molecule has 2 rings (SSSR count). The normalized spacial score (nSPS) is 19.8. The number of hydrogen-bond acceptors (Lipinski definition) is 5. The SMILES string of the molecule is CS(=O)(=O)N(CCCc1ccccc1)CC(=O)NC1CCS(=O)(=O)C1. The monoisotopic (exact) mass is 388 g/mol. The van der Waals surface area contributed by atoms with Gasteiger partial charge in [0.1, 0.15) is 0 Å². The largest absolute Gasteiger partial charge is 0.351 e. The second kappa shape index (κ2) is 8.29. The van der Waals surface area contributed by atoms with E-state index in [0.717, 1.165) is 22.5 Å². The second-order valence-corrected chi connectivity index (χ2v) is 10.6. The van der Waals surface area contributed by atoms with Gasteiger partial charge in [0.15, 0.2) is 9.84 Å². The van der Waals surface area contributed by atoms with Crippen molar-refractivity contribution in [3.8, 4) is 0 Å². The van der Waals surface area contributed by atoms with E-state index in [1.807, 2.05) is 30.3 Å². The van der Waals surface area contributed by atoms with Crippen LogP contribution in [0.3, 0.4) is 0 Å². The van der Waals surface area contributed by atoms with E-state index >= 15 is 0 Å². The smallest absolute Gasteiger partial charge is 0.235 e. The van der Waals surface area contributed by atoms with Gasteiger partial charge in [-0.15, -0.1) is 0 Å². The van der Waals surface area contributed by atoms with Gasteiger partial charge in [-0.25, -0.2) is 16.8 Å². The molecule has 9 heteroatoms. The third-order valence-corrected chi connectivity index (χ3v) is 7.12. The van der Waals surface area contributed by atoms with Crippen molar-refractivity contribution in [2.24, 2.45) is 0 Å². The Morgan fingerprint density at radius 1 is 1.28 bits per heavy atom. The number of nitrogens with zero attached hydrogens (tertiary/aromatic N) is 1. The van der Waals surface area contributed by atoms with Crippen molar-refractivity contribution in [2.75, 3.05) is 30.9 Å². The van der Waals surface area contributed by atoms with E-state index in [4.69, 9.17) is 0 Å². The first kappa shape index (κ1) is 19.9. The lowest BCUT2D eigenvalue weighted by molar-refractivity contribution is -0.121. The van der Waals surface area contributed by atoms with E-state index in [1.165, 1.54) is 0 Å². The number of sulfonamides is 1. The van der Waals surface area contributed by atoms with E-state index < -0.39 is 31.8 Å². The number of amides is 1. The van der Waals surface area contributed by atoms with Crippen molar-refractivity contribution in [1.29, 1.82) is 0 Å². The van der Waals surface area contributed by atoms with Gasteiger partial charge < -0.3 is 5.32 Å². The maximum Gasteiger partial charge on any atom is 0.235 e. The maximum atomic E-state index is 12.1. The molecule has 1 aliphatic rings. The van der Waals surface area contributed by atoms with Gasteiger partial charge in [0.05, 0.1) is 24.3 Å². The molecule has 1 aromatic rings. The van der Waals surface area contributed by atoms with Gasteiger partial charge in [-0.05, 0) is 24.8 Å². The molecule has 140 valence electrons. The molecule has 0 bridgehead atoms. The fourth-order valence-corrected chi connectivity index (χ4v) is 5.29. The Bertz CT molecular complexity index is 791. The molecule has 1 N–H and O–H groups in total. The summed E-state index contributed by atoms with van der Waals surface area (Å²) in [4.78, 5) is 12.1. The highest BCUT2D eigenvalue weighted by Crippen LogP contribution is 2.11. The lowest BCUT2D eigenvalue weighted by Crippen LogP contribution is -2.44. The van der Waals surface area contributed by atoms with E-state index in [1.54, 1.807) is 0 Å². The summed E-state index contributed by atoms with van der Waals surface area (Å²) in [6, 6.07) is 9.28. The summed E-state index contributed by atoms with van der Waals surface area (Å²) in [5, 5.41) is 2.62. The molecule has 0 spiro atoms. The molecule has 7 nitrogen and oxygen atoms in total. The Kier molecular flexibility index (Phi) is 6.59. The van der Waals surface area contributed by atoms with Crippen molar-refractivity contribution >= 4 is 25.8 Å². The fourth-order valence-electron chi connectivity index (χ4n) is 2.81. The maximum absolute atomic E-state index is 12.1. The summed E-state index contributed by atoms with van der Waals surface area (Å²) < 4.78 is 47.8. The molecule has 1 atom stereocenters. The first-order valence-electron chi connectivity index (χ1n) is 8.14. The number of carbonyl (C=O) groups excluding carboxylic acids is 1. The lowest BCUT2D eigenvalue weighted by Gasteiger charge is -2.20. The number of rotatable bonds is 8. The Morgan fingerprint density at radius 2 is 1.96 bits per heavy atom. The van der Waals surface area contributed by atoms with Gasteiger partial charge in [-0.2, -0.15) is 4.31 Å². The Labute approximate surface area is 149 Å². The summed E-state index contributed by atoms with van der Waals surface area (Å²) in [7, 11) is -6.61. The molecule has 1 fully saturated rings. The Morgan fingerprint density at radius 3 is 2.52 bits per heavy atom. The zero-order valence-corrected chi connectivity index (χ0v) is 15.9. The van der Waals surface area contributed by atoms with Crippen LogP contribution in [0, 0.1) is 0 Å². The van der Waals surface area contributed by atoms with E-state index in [0.29, 0.717) is 12.8 Å². The lowest BCUT2D eigenvalue weighted by atomic mass is 10.1. The van der Waals surface area contributed by atoms with Crippen LogP contribution in [0.2, 0.25) is 0 Å². The van der Waals surface area contributed by atoms with Crippen LogP contribution < -0.4 is 5.32 Å². The molecule has 25 heavy (non-hydrogen) atoms. The van der Waals surface area contributed by atoms with Gasteiger partial charge in [-0.1, -0.05) is 30.3 Å². The molecular formula is C16H24N2O5S2. The van der Waals surface area contributed by atoms with Crippen LogP contribution in [0.25, 0.3) is 0 Å². The number of nitrogens with one attached hydrogen (secondary N) is 1. The predicted octanol–water partition coefficient (Wildman–Crippen LogP) is 0.184. The third kappa shape index (κ3) is 6.75. The highest BCUT2D eigenvalue weighted by Gasteiger charge is 2.30. The molecule has 1 aliphatic heterocycles. The quantitative estimate of drug-likeness (QED) is 0.685. The molecule has 0 radical (unpaired) electrons. The summed E-state index contributed by atoms with van der Waals surface area (Å²) in [5.41, 5.74) is 1.11. The minimum atomic E-state index is -3.52. The van der Waals surface area contributed by atoms with Gasteiger partial charge in [-0.3, -0.25) is 4.79 Å². The zero-order chi connectivity index (χ0) is 18.5. The average molecular weight is 389 g/mol. The van der Waals surface area contributed by atoms with Crippen LogP contribution in [0.1, 0.15) is 18.4 Å². The first-order chi connectivity index (χ1) is 11.7. The van der Waals surface area contributed by atoms with Gasteiger partial charge in [0, 0.05) is 12.6 Å². The topological polar surface area (TPSA) is 101 Å². The van der Waals surface area contributed by atoms with Crippen LogP contribution >= 0.6 is 0 Å². The molecule has 0 aliphatic carbocycles. The van der Waals surface area contributed by atoms with Gasteiger partial charge in [0.2, 0.25) is 15.9 Å². The average Bonchev–Trinajstić information content (AvgIpc) is 2.85. The third-order valence-electron chi connectivity index (χ3n) is 4.10. The van der Waals surface area contributed by atoms with Crippen molar-refractivity contribution in [3.05, 3.63) is 35.9 Å². The van der Waals surface area contributed by atoms with Crippen molar-refractivity contribution in [3.63, 3.8) is 0 Å². The molecule has 0 saturated carbocycles. The van der Waals surface area contributed by atoms with E-state index in [-0.39, 0.29) is 24.6 Å². The summed E-state index contributed by atoms with van der Waals surface area (Å²) in [6.45, 7) is -0.0473. The Hall–Kier alpha value is -1.45. The molecule has 1 saturated heterocycles. The molecule has 0 aromatic heterocycles. The molecule has 1 amide bonds. The second-order valence-electron chi connectivity index (χ2n) is 6.35. The predicted molar refractivity (Wildman–Crippen MR) is 96.4 cm³/mol. The molecule has 1 heterocycles.